The first kappa shape index (κ1) is 21.7. The van der Waals surface area contributed by atoms with E-state index in [1.807, 2.05) is 67.6 Å². The molecule has 6 heteroatoms. The minimum Gasteiger partial charge on any atom is -0.385 e. The molecule has 0 spiro atoms. The molecule has 2 aromatic rings. The zero-order chi connectivity index (χ0) is 21.6. The highest BCUT2D eigenvalue weighted by Gasteiger charge is 2.53. The molecular formula is C24H28N2O4. The maximum Gasteiger partial charge on any atom is 0.240 e. The predicted molar refractivity (Wildman–Crippen MR) is 114 cm³/mol. The highest BCUT2D eigenvalue weighted by Crippen LogP contribution is 2.40. The highest BCUT2D eigenvalue weighted by molar-refractivity contribution is 6.10. The molecule has 158 valence electrons. The van der Waals surface area contributed by atoms with Crippen molar-refractivity contribution in [3.63, 3.8) is 0 Å². The van der Waals surface area contributed by atoms with Gasteiger partial charge in [0.05, 0.1) is 11.5 Å². The van der Waals surface area contributed by atoms with Crippen molar-refractivity contribution in [3.8, 4) is 0 Å². The van der Waals surface area contributed by atoms with E-state index in [-0.39, 0.29) is 36.6 Å². The van der Waals surface area contributed by atoms with Gasteiger partial charge in [-0.25, -0.2) is 0 Å². The van der Waals surface area contributed by atoms with Crippen LogP contribution in [-0.2, 0) is 24.5 Å². The van der Waals surface area contributed by atoms with E-state index in [9.17, 15) is 14.4 Å². The molecule has 0 saturated carbocycles. The Morgan fingerprint density at radius 2 is 1.73 bits per heavy atom. The van der Waals surface area contributed by atoms with Gasteiger partial charge in [0.2, 0.25) is 17.7 Å². The fourth-order valence-corrected chi connectivity index (χ4v) is 4.01. The average Bonchev–Trinajstić information content (AvgIpc) is 3.00. The molecule has 3 amide bonds. The molecule has 0 aromatic heterocycles. The van der Waals surface area contributed by atoms with Gasteiger partial charge < -0.3 is 10.1 Å². The Morgan fingerprint density at radius 1 is 1.10 bits per heavy atom. The molecule has 2 aromatic carbocycles. The summed E-state index contributed by atoms with van der Waals surface area (Å²) in [4.78, 5) is 40.4. The van der Waals surface area contributed by atoms with Crippen LogP contribution in [0.15, 0.2) is 60.7 Å². The summed E-state index contributed by atoms with van der Waals surface area (Å²) in [5.41, 5.74) is 0.501. The number of hydrogen-bond donors (Lipinski definition) is 1. The Hall–Kier alpha value is -2.99. The fourth-order valence-electron chi connectivity index (χ4n) is 4.01. The van der Waals surface area contributed by atoms with E-state index in [2.05, 4.69) is 5.32 Å². The normalized spacial score (nSPS) is 19.7. The molecule has 0 aliphatic carbocycles. The van der Waals surface area contributed by atoms with E-state index < -0.39 is 5.41 Å². The van der Waals surface area contributed by atoms with Crippen molar-refractivity contribution in [2.45, 2.75) is 37.6 Å². The standard InChI is InChI=1S/C24H28N2O4/c1-18(19-10-5-3-6-11-19)25-21(27)16-24(20-12-7-4-8-13-20)17-22(28)26(23(24)29)14-9-15-30-2/h3-8,10-13,18H,9,14-17H2,1-2H3,(H,25,27)/t18-,24?/m0/s1. The molecule has 3 rings (SSSR count). The summed E-state index contributed by atoms with van der Waals surface area (Å²) in [6.45, 7) is 2.66. The topological polar surface area (TPSA) is 75.7 Å². The minimum absolute atomic E-state index is 0.00400. The molecule has 1 heterocycles. The molecule has 6 nitrogen and oxygen atoms in total. The summed E-state index contributed by atoms with van der Waals surface area (Å²) < 4.78 is 5.05. The van der Waals surface area contributed by atoms with Gasteiger partial charge in [0.15, 0.2) is 0 Å². The van der Waals surface area contributed by atoms with E-state index in [4.69, 9.17) is 4.74 Å². The monoisotopic (exact) mass is 408 g/mol. The molecule has 0 radical (unpaired) electrons. The predicted octanol–water partition coefficient (Wildman–Crippen LogP) is 2.99. The zero-order valence-electron chi connectivity index (χ0n) is 17.5. The number of imide groups is 1. The van der Waals surface area contributed by atoms with Gasteiger partial charge in [-0.1, -0.05) is 60.7 Å². The van der Waals surface area contributed by atoms with E-state index in [0.29, 0.717) is 25.1 Å². The number of methoxy groups -OCH3 is 1. The first-order valence-electron chi connectivity index (χ1n) is 10.2. The van der Waals surface area contributed by atoms with E-state index in [0.717, 1.165) is 5.56 Å². The van der Waals surface area contributed by atoms with Crippen molar-refractivity contribution in [1.82, 2.24) is 10.2 Å². The molecule has 1 N–H and O–H groups in total. The van der Waals surface area contributed by atoms with Crippen molar-refractivity contribution in [2.75, 3.05) is 20.3 Å². The maximum absolute atomic E-state index is 13.4. The third-order valence-corrected chi connectivity index (χ3v) is 5.60. The van der Waals surface area contributed by atoms with Gasteiger partial charge >= 0.3 is 0 Å². The summed E-state index contributed by atoms with van der Waals surface area (Å²) in [5, 5.41) is 2.98. The van der Waals surface area contributed by atoms with Crippen LogP contribution in [0.4, 0.5) is 0 Å². The number of carbonyl (C=O) groups excluding carboxylic acids is 3. The third-order valence-electron chi connectivity index (χ3n) is 5.60. The molecule has 1 aliphatic rings. The SMILES string of the molecule is COCCCN1C(=O)CC(CC(=O)N[C@@H](C)c2ccccc2)(c2ccccc2)C1=O. The Labute approximate surface area is 177 Å². The third kappa shape index (κ3) is 4.60. The van der Waals surface area contributed by atoms with E-state index in [1.54, 1.807) is 7.11 Å². The van der Waals surface area contributed by atoms with Crippen LogP contribution in [0.5, 0.6) is 0 Å². The van der Waals surface area contributed by atoms with Gasteiger partial charge in [-0.05, 0) is 24.5 Å². The second-order valence-electron chi connectivity index (χ2n) is 7.70. The van der Waals surface area contributed by atoms with Crippen molar-refractivity contribution in [2.24, 2.45) is 0 Å². The number of nitrogens with one attached hydrogen (secondary N) is 1. The van der Waals surface area contributed by atoms with Crippen LogP contribution in [-0.4, -0.2) is 42.9 Å². The summed E-state index contributed by atoms with van der Waals surface area (Å²) >= 11 is 0. The quantitative estimate of drug-likeness (QED) is 0.511. The lowest BCUT2D eigenvalue weighted by Crippen LogP contribution is -2.43. The Morgan fingerprint density at radius 3 is 2.37 bits per heavy atom. The fraction of sp³-hybridized carbons (Fsp3) is 0.375. The van der Waals surface area contributed by atoms with Gasteiger partial charge in [0.1, 0.15) is 0 Å². The summed E-state index contributed by atoms with van der Waals surface area (Å²) in [7, 11) is 1.58. The van der Waals surface area contributed by atoms with Crippen molar-refractivity contribution in [1.29, 1.82) is 0 Å². The highest BCUT2D eigenvalue weighted by atomic mass is 16.5. The largest absolute Gasteiger partial charge is 0.385 e. The smallest absolute Gasteiger partial charge is 0.240 e. The first-order chi connectivity index (χ1) is 14.5. The van der Waals surface area contributed by atoms with Gasteiger partial charge in [-0.3, -0.25) is 19.3 Å². The van der Waals surface area contributed by atoms with Crippen LogP contribution in [0.2, 0.25) is 0 Å². The van der Waals surface area contributed by atoms with Crippen LogP contribution in [0.25, 0.3) is 0 Å². The average molecular weight is 408 g/mol. The molecule has 1 unspecified atom stereocenters. The van der Waals surface area contributed by atoms with Gasteiger partial charge in [-0.2, -0.15) is 0 Å². The second kappa shape index (κ2) is 9.67. The molecule has 0 bridgehead atoms. The Balaban J connectivity index is 1.82. The van der Waals surface area contributed by atoms with E-state index >= 15 is 0 Å². The lowest BCUT2D eigenvalue weighted by atomic mass is 9.75. The van der Waals surface area contributed by atoms with Gasteiger partial charge in [-0.15, -0.1) is 0 Å². The van der Waals surface area contributed by atoms with Crippen LogP contribution in [0.3, 0.4) is 0 Å². The number of amides is 3. The second-order valence-corrected chi connectivity index (χ2v) is 7.70. The molecule has 2 atom stereocenters. The number of hydrogen-bond acceptors (Lipinski definition) is 4. The van der Waals surface area contributed by atoms with Gasteiger partial charge in [0, 0.05) is 33.1 Å². The number of rotatable bonds is 9. The number of nitrogens with zero attached hydrogens (tertiary/aromatic N) is 1. The number of benzene rings is 2. The molecular weight excluding hydrogens is 380 g/mol. The van der Waals surface area contributed by atoms with Crippen molar-refractivity contribution in [3.05, 3.63) is 71.8 Å². The number of ether oxygens (including phenoxy) is 1. The van der Waals surface area contributed by atoms with Crippen molar-refractivity contribution >= 4 is 17.7 Å². The number of carbonyl (C=O) groups is 3. The van der Waals surface area contributed by atoms with E-state index in [1.165, 1.54) is 4.90 Å². The Bertz CT molecular complexity index is 885. The molecule has 1 aliphatic heterocycles. The number of likely N-dealkylation sites (tertiary alicyclic amines) is 1. The summed E-state index contributed by atoms with van der Waals surface area (Å²) in [5.74, 6) is -0.809. The molecule has 1 fully saturated rings. The van der Waals surface area contributed by atoms with Crippen LogP contribution < -0.4 is 5.32 Å². The van der Waals surface area contributed by atoms with Crippen LogP contribution in [0, 0.1) is 0 Å². The maximum atomic E-state index is 13.4. The zero-order valence-corrected chi connectivity index (χ0v) is 17.5. The Kier molecular flexibility index (Phi) is 7.00. The summed E-state index contributed by atoms with van der Waals surface area (Å²) in [6.07, 6.45) is 0.492. The van der Waals surface area contributed by atoms with Crippen LogP contribution >= 0.6 is 0 Å². The minimum atomic E-state index is -1.17. The lowest BCUT2D eigenvalue weighted by molar-refractivity contribution is -0.141. The summed E-state index contributed by atoms with van der Waals surface area (Å²) in [6, 6.07) is 18.6. The first-order valence-corrected chi connectivity index (χ1v) is 10.2. The molecule has 1 saturated heterocycles. The lowest BCUT2D eigenvalue weighted by Gasteiger charge is -2.28. The van der Waals surface area contributed by atoms with Gasteiger partial charge in [0.25, 0.3) is 0 Å². The van der Waals surface area contributed by atoms with Crippen LogP contribution in [0.1, 0.15) is 43.4 Å². The van der Waals surface area contributed by atoms with Crippen molar-refractivity contribution < 1.29 is 19.1 Å². The molecule has 30 heavy (non-hydrogen) atoms.